The van der Waals surface area contributed by atoms with E-state index in [1.54, 1.807) is 24.2 Å². The average Bonchev–Trinajstić information content (AvgIpc) is 2.69. The van der Waals surface area contributed by atoms with E-state index in [2.05, 4.69) is 10.2 Å². The predicted octanol–water partition coefficient (Wildman–Crippen LogP) is 1.00. The molecule has 0 bridgehead atoms. The van der Waals surface area contributed by atoms with Crippen molar-refractivity contribution in [2.75, 3.05) is 5.75 Å². The molecule has 16 heavy (non-hydrogen) atoms. The first-order valence-corrected chi connectivity index (χ1v) is 6.86. The van der Waals surface area contributed by atoms with E-state index >= 15 is 0 Å². The van der Waals surface area contributed by atoms with Crippen LogP contribution in [0.5, 0.6) is 0 Å². The zero-order chi connectivity index (χ0) is 12.0. The van der Waals surface area contributed by atoms with Gasteiger partial charge in [-0.3, -0.25) is 4.79 Å². The highest BCUT2D eigenvalue weighted by Crippen LogP contribution is 2.21. The Hall–Kier alpha value is -0.660. The van der Waals surface area contributed by atoms with E-state index in [0.29, 0.717) is 6.42 Å². The number of carbonyl (C=O) groups is 1. The molecule has 1 amide bonds. The van der Waals surface area contributed by atoms with E-state index < -0.39 is 11.4 Å². The first-order valence-electron chi connectivity index (χ1n) is 5.00. The maximum atomic E-state index is 10.9. The molecule has 0 aliphatic heterocycles. The summed E-state index contributed by atoms with van der Waals surface area (Å²) in [6.45, 7) is 1.67. The molecule has 0 saturated carbocycles. The van der Waals surface area contributed by atoms with Gasteiger partial charge in [0.25, 0.3) is 0 Å². The molecule has 1 heterocycles. The van der Waals surface area contributed by atoms with Crippen LogP contribution in [0.1, 0.15) is 26.2 Å². The fourth-order valence-electron chi connectivity index (χ4n) is 1.10. The standard InChI is InChI=1S/C9H16N4OS2/c1-9(11,7(10)14)4-2-3-5-15-8-13-12-6-16-8/h6H,2-5,11H2,1H3,(H2,10,14). The molecule has 1 rings (SSSR count). The maximum absolute atomic E-state index is 10.9. The van der Waals surface area contributed by atoms with Gasteiger partial charge in [-0.2, -0.15) is 0 Å². The summed E-state index contributed by atoms with van der Waals surface area (Å²) in [5, 5.41) is 7.67. The van der Waals surface area contributed by atoms with Gasteiger partial charge in [0.1, 0.15) is 5.51 Å². The second-order valence-corrected chi connectivity index (χ2v) is 5.97. The SMILES string of the molecule is CC(N)(CCCCSc1nncs1)C(N)=O. The highest BCUT2D eigenvalue weighted by molar-refractivity contribution is 8.00. The van der Waals surface area contributed by atoms with Crippen LogP contribution in [-0.4, -0.2) is 27.4 Å². The number of nitrogens with two attached hydrogens (primary N) is 2. The van der Waals surface area contributed by atoms with Crippen LogP contribution in [-0.2, 0) is 4.79 Å². The minimum absolute atomic E-state index is 0.440. The molecule has 0 aromatic carbocycles. The Kier molecular flexibility index (Phi) is 5.17. The summed E-state index contributed by atoms with van der Waals surface area (Å²) >= 11 is 3.21. The summed E-state index contributed by atoms with van der Waals surface area (Å²) in [6.07, 6.45) is 2.51. The zero-order valence-electron chi connectivity index (χ0n) is 9.18. The Morgan fingerprint density at radius 3 is 2.94 bits per heavy atom. The van der Waals surface area contributed by atoms with Crippen LogP contribution in [0.2, 0.25) is 0 Å². The molecule has 0 fully saturated rings. The van der Waals surface area contributed by atoms with Gasteiger partial charge in [0.15, 0.2) is 4.34 Å². The molecule has 1 aromatic heterocycles. The Balaban J connectivity index is 2.10. The molecule has 0 radical (unpaired) electrons. The molecule has 1 aromatic rings. The van der Waals surface area contributed by atoms with E-state index in [0.717, 1.165) is 22.9 Å². The number of hydrogen-bond donors (Lipinski definition) is 2. The molecule has 0 aliphatic carbocycles. The lowest BCUT2D eigenvalue weighted by Gasteiger charge is -2.19. The number of unbranched alkanes of at least 4 members (excludes halogenated alkanes) is 1. The first kappa shape index (κ1) is 13.4. The Bertz CT molecular complexity index is 326. The molecule has 0 spiro atoms. The number of thioether (sulfide) groups is 1. The Morgan fingerprint density at radius 1 is 1.62 bits per heavy atom. The fourth-order valence-corrected chi connectivity index (χ4v) is 2.66. The van der Waals surface area contributed by atoms with Crippen LogP contribution < -0.4 is 11.5 Å². The van der Waals surface area contributed by atoms with Crippen LogP contribution in [0.3, 0.4) is 0 Å². The largest absolute Gasteiger partial charge is 0.368 e. The predicted molar refractivity (Wildman–Crippen MR) is 66.3 cm³/mol. The lowest BCUT2D eigenvalue weighted by molar-refractivity contribution is -0.122. The molecule has 5 nitrogen and oxygen atoms in total. The van der Waals surface area contributed by atoms with Gasteiger partial charge in [0, 0.05) is 5.75 Å². The summed E-state index contributed by atoms with van der Waals surface area (Å²) < 4.78 is 0.977. The third kappa shape index (κ3) is 4.46. The number of amides is 1. The number of carbonyl (C=O) groups excluding carboxylic acids is 1. The van der Waals surface area contributed by atoms with Gasteiger partial charge < -0.3 is 11.5 Å². The van der Waals surface area contributed by atoms with Crippen molar-refractivity contribution >= 4 is 29.0 Å². The van der Waals surface area contributed by atoms with Crippen molar-refractivity contribution in [3.8, 4) is 0 Å². The highest BCUT2D eigenvalue weighted by atomic mass is 32.2. The number of nitrogens with zero attached hydrogens (tertiary/aromatic N) is 2. The molecular formula is C9H16N4OS2. The van der Waals surface area contributed by atoms with Crippen LogP contribution in [0.4, 0.5) is 0 Å². The minimum atomic E-state index is -0.882. The molecule has 0 saturated heterocycles. The van der Waals surface area contributed by atoms with Gasteiger partial charge in [0.05, 0.1) is 5.54 Å². The molecule has 90 valence electrons. The van der Waals surface area contributed by atoms with Gasteiger partial charge in [0.2, 0.25) is 5.91 Å². The van der Waals surface area contributed by atoms with Crippen molar-refractivity contribution in [1.29, 1.82) is 0 Å². The fraction of sp³-hybridized carbons (Fsp3) is 0.667. The second-order valence-electron chi connectivity index (χ2n) is 3.79. The van der Waals surface area contributed by atoms with Gasteiger partial charge >= 0.3 is 0 Å². The summed E-state index contributed by atoms with van der Waals surface area (Å²) in [5.41, 5.74) is 11.7. The topological polar surface area (TPSA) is 94.9 Å². The molecular weight excluding hydrogens is 244 g/mol. The minimum Gasteiger partial charge on any atom is -0.368 e. The average molecular weight is 260 g/mol. The van der Waals surface area contributed by atoms with Crippen LogP contribution in [0.25, 0.3) is 0 Å². The van der Waals surface area contributed by atoms with Gasteiger partial charge in [-0.1, -0.05) is 29.5 Å². The van der Waals surface area contributed by atoms with Gasteiger partial charge in [-0.05, 0) is 19.8 Å². The van der Waals surface area contributed by atoms with Crippen molar-refractivity contribution in [1.82, 2.24) is 10.2 Å². The molecule has 7 heteroatoms. The monoisotopic (exact) mass is 260 g/mol. The third-order valence-electron chi connectivity index (χ3n) is 2.22. The summed E-state index contributed by atoms with van der Waals surface area (Å²) in [7, 11) is 0. The van der Waals surface area contributed by atoms with E-state index in [1.165, 1.54) is 11.3 Å². The number of rotatable bonds is 7. The Labute approximate surface area is 103 Å². The summed E-state index contributed by atoms with van der Waals surface area (Å²) in [6, 6.07) is 0. The number of aromatic nitrogens is 2. The van der Waals surface area contributed by atoms with Crippen molar-refractivity contribution in [2.24, 2.45) is 11.5 Å². The highest BCUT2D eigenvalue weighted by Gasteiger charge is 2.24. The van der Waals surface area contributed by atoms with E-state index in [-0.39, 0.29) is 0 Å². The quantitative estimate of drug-likeness (QED) is 0.563. The van der Waals surface area contributed by atoms with Crippen LogP contribution in [0.15, 0.2) is 9.85 Å². The normalized spacial score (nSPS) is 14.6. The lowest BCUT2D eigenvalue weighted by Crippen LogP contribution is -2.49. The molecule has 4 N–H and O–H groups in total. The maximum Gasteiger partial charge on any atom is 0.237 e. The van der Waals surface area contributed by atoms with Crippen LogP contribution in [0, 0.1) is 0 Å². The summed E-state index contributed by atoms with van der Waals surface area (Å²) in [4.78, 5) is 10.9. The number of hydrogen-bond acceptors (Lipinski definition) is 6. The van der Waals surface area contributed by atoms with E-state index in [1.807, 2.05) is 0 Å². The van der Waals surface area contributed by atoms with Crippen molar-refractivity contribution in [3.63, 3.8) is 0 Å². The van der Waals surface area contributed by atoms with E-state index in [9.17, 15) is 4.79 Å². The Morgan fingerprint density at radius 2 is 2.38 bits per heavy atom. The smallest absolute Gasteiger partial charge is 0.237 e. The first-order chi connectivity index (χ1) is 7.52. The second kappa shape index (κ2) is 6.17. The lowest BCUT2D eigenvalue weighted by atomic mass is 9.96. The third-order valence-corrected chi connectivity index (χ3v) is 4.17. The zero-order valence-corrected chi connectivity index (χ0v) is 10.8. The van der Waals surface area contributed by atoms with Crippen LogP contribution >= 0.6 is 23.1 Å². The van der Waals surface area contributed by atoms with Crippen molar-refractivity contribution in [3.05, 3.63) is 5.51 Å². The molecule has 1 unspecified atom stereocenters. The van der Waals surface area contributed by atoms with Crippen molar-refractivity contribution < 1.29 is 4.79 Å². The van der Waals surface area contributed by atoms with Gasteiger partial charge in [-0.15, -0.1) is 10.2 Å². The summed E-state index contributed by atoms with van der Waals surface area (Å²) in [5.74, 6) is 0.522. The van der Waals surface area contributed by atoms with Crippen molar-refractivity contribution in [2.45, 2.75) is 36.1 Å². The van der Waals surface area contributed by atoms with Gasteiger partial charge in [-0.25, -0.2) is 0 Å². The number of primary amides is 1. The molecule has 0 aliphatic rings. The van der Waals surface area contributed by atoms with E-state index in [4.69, 9.17) is 11.5 Å². The molecule has 1 atom stereocenters.